The van der Waals surface area contributed by atoms with Crippen molar-refractivity contribution < 1.29 is 9.90 Å². The normalized spacial score (nSPS) is 12.2. The molecule has 0 aromatic heterocycles. The van der Waals surface area contributed by atoms with Crippen LogP contribution in [0.1, 0.15) is 61.1 Å². The van der Waals surface area contributed by atoms with Gasteiger partial charge in [-0.3, -0.25) is 4.79 Å². The zero-order valence-corrected chi connectivity index (χ0v) is 11.3. The molecule has 1 rings (SSSR count). The summed E-state index contributed by atoms with van der Waals surface area (Å²) in [5, 5.41) is 12.6. The third kappa shape index (κ3) is 4.49. The van der Waals surface area contributed by atoms with Crippen LogP contribution in [0.15, 0.2) is 24.3 Å². The van der Waals surface area contributed by atoms with E-state index in [9.17, 15) is 9.90 Å². The predicted molar refractivity (Wildman–Crippen MR) is 73.6 cm³/mol. The van der Waals surface area contributed by atoms with Crippen molar-refractivity contribution in [2.75, 3.05) is 7.05 Å². The van der Waals surface area contributed by atoms with Crippen LogP contribution >= 0.6 is 0 Å². The first kappa shape index (κ1) is 14.7. The average molecular weight is 249 g/mol. The maximum absolute atomic E-state index is 11.4. The molecule has 3 heteroatoms. The molecule has 0 saturated heterocycles. The van der Waals surface area contributed by atoms with Crippen molar-refractivity contribution in [3.63, 3.8) is 0 Å². The van der Waals surface area contributed by atoms with Gasteiger partial charge in [0.2, 0.25) is 0 Å². The molecule has 0 bridgehead atoms. The van der Waals surface area contributed by atoms with E-state index in [-0.39, 0.29) is 5.91 Å². The molecule has 0 aliphatic rings. The van der Waals surface area contributed by atoms with Crippen LogP contribution in [0.3, 0.4) is 0 Å². The number of aliphatic hydroxyl groups is 1. The van der Waals surface area contributed by atoms with Crippen LogP contribution in [-0.2, 0) is 0 Å². The van der Waals surface area contributed by atoms with Crippen LogP contribution in [0.4, 0.5) is 0 Å². The molecule has 0 spiro atoms. The first-order chi connectivity index (χ1) is 8.69. The number of aliphatic hydroxyl groups excluding tert-OH is 1. The van der Waals surface area contributed by atoms with Crippen LogP contribution in [0.2, 0.25) is 0 Å². The number of hydrogen-bond acceptors (Lipinski definition) is 2. The fourth-order valence-corrected chi connectivity index (χ4v) is 1.93. The van der Waals surface area contributed by atoms with E-state index in [1.54, 1.807) is 19.2 Å². The predicted octanol–water partition coefficient (Wildman–Crippen LogP) is 3.05. The largest absolute Gasteiger partial charge is 0.388 e. The second-order valence-electron chi connectivity index (χ2n) is 4.57. The summed E-state index contributed by atoms with van der Waals surface area (Å²) in [7, 11) is 1.61. The molecule has 18 heavy (non-hydrogen) atoms. The molecule has 0 saturated carbocycles. The summed E-state index contributed by atoms with van der Waals surface area (Å²) in [5.41, 5.74) is 1.51. The highest BCUT2D eigenvalue weighted by Crippen LogP contribution is 2.20. The second kappa shape index (κ2) is 7.88. The van der Waals surface area contributed by atoms with Crippen molar-refractivity contribution >= 4 is 5.91 Å². The Hall–Kier alpha value is -1.35. The van der Waals surface area contributed by atoms with Crippen molar-refractivity contribution in [2.24, 2.45) is 0 Å². The van der Waals surface area contributed by atoms with Crippen LogP contribution in [-0.4, -0.2) is 18.1 Å². The summed E-state index contributed by atoms with van der Waals surface area (Å²) < 4.78 is 0. The quantitative estimate of drug-likeness (QED) is 0.730. The van der Waals surface area contributed by atoms with Crippen LogP contribution in [0.5, 0.6) is 0 Å². The SMILES string of the molecule is CCCCCCC(O)c1ccc(C(=O)NC)cc1. The van der Waals surface area contributed by atoms with E-state index in [0.717, 1.165) is 18.4 Å². The Bertz CT molecular complexity index is 359. The highest BCUT2D eigenvalue weighted by molar-refractivity contribution is 5.93. The molecule has 1 atom stereocenters. The molecular formula is C15H23NO2. The van der Waals surface area contributed by atoms with Gasteiger partial charge >= 0.3 is 0 Å². The lowest BCUT2D eigenvalue weighted by atomic mass is 10.0. The fraction of sp³-hybridized carbons (Fsp3) is 0.533. The third-order valence-corrected chi connectivity index (χ3v) is 3.12. The van der Waals surface area contributed by atoms with Gasteiger partial charge in [0.15, 0.2) is 0 Å². The molecule has 3 nitrogen and oxygen atoms in total. The van der Waals surface area contributed by atoms with Gasteiger partial charge in [0.25, 0.3) is 5.91 Å². The Morgan fingerprint density at radius 2 is 1.89 bits per heavy atom. The van der Waals surface area contributed by atoms with Crippen LogP contribution in [0.25, 0.3) is 0 Å². The third-order valence-electron chi connectivity index (χ3n) is 3.12. The molecule has 0 radical (unpaired) electrons. The van der Waals surface area contributed by atoms with Gasteiger partial charge in [0, 0.05) is 12.6 Å². The summed E-state index contributed by atoms with van der Waals surface area (Å²) in [4.78, 5) is 11.4. The van der Waals surface area contributed by atoms with E-state index in [1.807, 2.05) is 12.1 Å². The Balaban J connectivity index is 2.48. The van der Waals surface area contributed by atoms with E-state index >= 15 is 0 Å². The number of hydrogen-bond donors (Lipinski definition) is 2. The summed E-state index contributed by atoms with van der Waals surface area (Å²) in [6.07, 6.45) is 5.02. The number of rotatable bonds is 7. The molecule has 0 aliphatic carbocycles. The molecule has 0 aliphatic heterocycles. The van der Waals surface area contributed by atoms with E-state index < -0.39 is 6.10 Å². The van der Waals surface area contributed by atoms with E-state index in [0.29, 0.717) is 5.56 Å². The zero-order valence-electron chi connectivity index (χ0n) is 11.3. The Kier molecular flexibility index (Phi) is 6.44. The van der Waals surface area contributed by atoms with Crippen molar-refractivity contribution in [1.82, 2.24) is 5.32 Å². The maximum atomic E-state index is 11.4. The minimum atomic E-state index is -0.416. The van der Waals surface area contributed by atoms with Crippen molar-refractivity contribution in [3.8, 4) is 0 Å². The molecule has 1 aromatic rings. The Labute approximate surface area is 109 Å². The molecule has 0 heterocycles. The highest BCUT2D eigenvalue weighted by Gasteiger charge is 2.08. The van der Waals surface area contributed by atoms with Crippen molar-refractivity contribution in [1.29, 1.82) is 0 Å². The molecular weight excluding hydrogens is 226 g/mol. The Morgan fingerprint density at radius 3 is 2.44 bits per heavy atom. The summed E-state index contributed by atoms with van der Waals surface area (Å²) in [6, 6.07) is 7.16. The van der Waals surface area contributed by atoms with Crippen LogP contribution < -0.4 is 5.32 Å². The highest BCUT2D eigenvalue weighted by atomic mass is 16.3. The molecule has 1 aromatic carbocycles. The van der Waals surface area contributed by atoms with Gasteiger partial charge in [0.05, 0.1) is 6.10 Å². The van der Waals surface area contributed by atoms with Gasteiger partial charge in [-0.1, -0.05) is 44.7 Å². The van der Waals surface area contributed by atoms with Gasteiger partial charge in [-0.25, -0.2) is 0 Å². The molecule has 1 unspecified atom stereocenters. The smallest absolute Gasteiger partial charge is 0.251 e. The number of carbonyl (C=O) groups is 1. The van der Waals surface area contributed by atoms with E-state index in [2.05, 4.69) is 12.2 Å². The fourth-order valence-electron chi connectivity index (χ4n) is 1.93. The zero-order chi connectivity index (χ0) is 13.4. The lowest BCUT2D eigenvalue weighted by Crippen LogP contribution is -2.17. The van der Waals surface area contributed by atoms with Crippen LogP contribution in [0, 0.1) is 0 Å². The number of nitrogens with one attached hydrogen (secondary N) is 1. The lowest BCUT2D eigenvalue weighted by molar-refractivity contribution is 0.0962. The number of amides is 1. The first-order valence-electron chi connectivity index (χ1n) is 6.69. The van der Waals surface area contributed by atoms with Crippen molar-refractivity contribution in [2.45, 2.75) is 45.1 Å². The van der Waals surface area contributed by atoms with Gasteiger partial charge < -0.3 is 10.4 Å². The standard InChI is InChI=1S/C15H23NO2/c1-3-4-5-6-7-14(17)12-8-10-13(11-9-12)15(18)16-2/h8-11,14,17H,3-7H2,1-2H3,(H,16,18). The van der Waals surface area contributed by atoms with Gasteiger partial charge in [-0.05, 0) is 24.1 Å². The van der Waals surface area contributed by atoms with Gasteiger partial charge in [-0.15, -0.1) is 0 Å². The maximum Gasteiger partial charge on any atom is 0.251 e. The van der Waals surface area contributed by atoms with Crippen molar-refractivity contribution in [3.05, 3.63) is 35.4 Å². The van der Waals surface area contributed by atoms with Gasteiger partial charge in [0.1, 0.15) is 0 Å². The van der Waals surface area contributed by atoms with Gasteiger partial charge in [-0.2, -0.15) is 0 Å². The first-order valence-corrected chi connectivity index (χ1v) is 6.69. The van der Waals surface area contributed by atoms with E-state index in [1.165, 1.54) is 19.3 Å². The second-order valence-corrected chi connectivity index (χ2v) is 4.57. The summed E-state index contributed by atoms with van der Waals surface area (Å²) >= 11 is 0. The number of carbonyl (C=O) groups excluding carboxylic acids is 1. The minimum Gasteiger partial charge on any atom is -0.388 e. The minimum absolute atomic E-state index is 0.0982. The summed E-state index contributed by atoms with van der Waals surface area (Å²) in [6.45, 7) is 2.17. The monoisotopic (exact) mass is 249 g/mol. The number of benzene rings is 1. The topological polar surface area (TPSA) is 49.3 Å². The number of unbranched alkanes of at least 4 members (excludes halogenated alkanes) is 3. The molecule has 1 amide bonds. The summed E-state index contributed by atoms with van der Waals surface area (Å²) in [5.74, 6) is -0.0982. The lowest BCUT2D eigenvalue weighted by Gasteiger charge is -2.11. The molecule has 100 valence electrons. The van der Waals surface area contributed by atoms with E-state index in [4.69, 9.17) is 0 Å². The molecule has 2 N–H and O–H groups in total. The average Bonchev–Trinajstić information content (AvgIpc) is 2.42. The molecule has 0 fully saturated rings. The Morgan fingerprint density at radius 1 is 1.22 bits per heavy atom.